The Bertz CT molecular complexity index is 287. The average molecular weight is 256 g/mol. The molecule has 0 aliphatic carbocycles. The third-order valence-electron chi connectivity index (χ3n) is 1.22. The molecule has 0 saturated carbocycles. The zero-order valence-electron chi connectivity index (χ0n) is 5.41. The number of para-hydroxylation sites is 2. The molecule has 0 aliphatic heterocycles. The maximum absolute atomic E-state index is 3.88. The Hall–Kier alpha value is 0.191. The SMILES string of the molecule is [Ba].c1ccc2n[nH]nc2c1. The summed E-state index contributed by atoms with van der Waals surface area (Å²) in [6, 6.07) is 7.70. The number of aromatic nitrogens is 3. The van der Waals surface area contributed by atoms with Gasteiger partial charge in [-0.1, -0.05) is 12.1 Å². The normalized spacial score (nSPS) is 9.20. The van der Waals surface area contributed by atoms with Crippen molar-refractivity contribution in [3.05, 3.63) is 24.3 Å². The first-order chi connectivity index (χ1) is 4.47. The molecule has 2 aromatic rings. The molecule has 1 aromatic carbocycles. The van der Waals surface area contributed by atoms with Gasteiger partial charge < -0.3 is 0 Å². The zero-order chi connectivity index (χ0) is 6.10. The van der Waals surface area contributed by atoms with E-state index in [0.717, 1.165) is 11.0 Å². The summed E-state index contributed by atoms with van der Waals surface area (Å²) < 4.78 is 0. The first-order valence-corrected chi connectivity index (χ1v) is 2.72. The molecule has 3 nitrogen and oxygen atoms in total. The largest absolute Gasteiger partial charge is 0.197 e. The van der Waals surface area contributed by atoms with Crippen LogP contribution in [0.25, 0.3) is 11.0 Å². The molecule has 0 unspecified atom stereocenters. The number of benzene rings is 1. The van der Waals surface area contributed by atoms with Crippen LogP contribution in [0.5, 0.6) is 0 Å². The van der Waals surface area contributed by atoms with Gasteiger partial charge in [0.1, 0.15) is 11.0 Å². The van der Waals surface area contributed by atoms with Gasteiger partial charge in [-0.15, -0.1) is 0 Å². The number of hydrogen-bond acceptors (Lipinski definition) is 2. The molecule has 2 radical (unpaired) electrons. The van der Waals surface area contributed by atoms with Crippen molar-refractivity contribution in [2.24, 2.45) is 0 Å². The van der Waals surface area contributed by atoms with E-state index in [-0.39, 0.29) is 48.9 Å². The monoisotopic (exact) mass is 257 g/mol. The average Bonchev–Trinajstić information content (AvgIpc) is 2.33. The molecule has 0 aliphatic rings. The Labute approximate surface area is 98.3 Å². The van der Waals surface area contributed by atoms with Crippen molar-refractivity contribution in [2.45, 2.75) is 0 Å². The van der Waals surface area contributed by atoms with Crippen LogP contribution in [0.15, 0.2) is 24.3 Å². The summed E-state index contributed by atoms with van der Waals surface area (Å²) >= 11 is 0. The van der Waals surface area contributed by atoms with E-state index in [1.807, 2.05) is 24.3 Å². The van der Waals surface area contributed by atoms with E-state index in [1.165, 1.54) is 0 Å². The van der Waals surface area contributed by atoms with Gasteiger partial charge in [-0.2, -0.15) is 15.4 Å². The molecule has 0 amide bonds. The molecule has 0 atom stereocenters. The van der Waals surface area contributed by atoms with Gasteiger partial charge in [0.15, 0.2) is 0 Å². The Balaban J connectivity index is 0.000000500. The molecule has 0 saturated heterocycles. The van der Waals surface area contributed by atoms with Crippen molar-refractivity contribution >= 4 is 59.9 Å². The number of hydrogen-bond donors (Lipinski definition) is 1. The maximum Gasteiger partial charge on any atom is 0.112 e. The van der Waals surface area contributed by atoms with E-state index in [1.54, 1.807) is 0 Å². The van der Waals surface area contributed by atoms with E-state index >= 15 is 0 Å². The van der Waals surface area contributed by atoms with Gasteiger partial charge in [-0.05, 0) is 12.1 Å². The van der Waals surface area contributed by atoms with Crippen molar-refractivity contribution in [2.75, 3.05) is 0 Å². The van der Waals surface area contributed by atoms with Gasteiger partial charge in [0.25, 0.3) is 0 Å². The molecule has 0 bridgehead atoms. The molecular formula is C6H5BaN3. The minimum absolute atomic E-state index is 0. The van der Waals surface area contributed by atoms with Gasteiger partial charge in [0.05, 0.1) is 0 Å². The molecule has 1 aromatic heterocycles. The molecule has 1 heterocycles. The Morgan fingerprint density at radius 1 is 1.00 bits per heavy atom. The molecule has 10 heavy (non-hydrogen) atoms. The van der Waals surface area contributed by atoms with E-state index < -0.39 is 0 Å². The number of nitrogens with one attached hydrogen (secondary N) is 1. The molecule has 1 N–H and O–H groups in total. The predicted molar refractivity (Wildman–Crippen MR) is 39.6 cm³/mol. The minimum atomic E-state index is 0. The van der Waals surface area contributed by atoms with Gasteiger partial charge in [0.2, 0.25) is 0 Å². The van der Waals surface area contributed by atoms with Crippen LogP contribution in [-0.4, -0.2) is 64.3 Å². The number of nitrogens with zero attached hydrogens (tertiary/aromatic N) is 2. The van der Waals surface area contributed by atoms with E-state index in [4.69, 9.17) is 0 Å². The standard InChI is InChI=1S/C6H5N3.Ba/c1-2-4-6-5(3-1)7-9-8-6;/h1-4H,(H,7,8,9);. The molecule has 0 fully saturated rings. The summed E-state index contributed by atoms with van der Waals surface area (Å²) in [6.45, 7) is 0. The smallest absolute Gasteiger partial charge is 0.112 e. The van der Waals surface area contributed by atoms with Crippen LogP contribution in [-0.2, 0) is 0 Å². The number of fused-ring (bicyclic) bond motifs is 1. The van der Waals surface area contributed by atoms with Crippen LogP contribution in [0.2, 0.25) is 0 Å². The molecule has 0 spiro atoms. The second-order valence-electron chi connectivity index (χ2n) is 1.81. The number of H-pyrrole nitrogens is 1. The van der Waals surface area contributed by atoms with Crippen LogP contribution in [0.4, 0.5) is 0 Å². The van der Waals surface area contributed by atoms with Gasteiger partial charge >= 0.3 is 0 Å². The van der Waals surface area contributed by atoms with Gasteiger partial charge in [-0.25, -0.2) is 0 Å². The quantitative estimate of drug-likeness (QED) is 0.701. The van der Waals surface area contributed by atoms with Crippen LogP contribution >= 0.6 is 0 Å². The summed E-state index contributed by atoms with van der Waals surface area (Å²) in [6.07, 6.45) is 0. The first kappa shape index (κ1) is 8.29. The number of aromatic amines is 1. The van der Waals surface area contributed by atoms with Gasteiger partial charge in [0, 0.05) is 48.9 Å². The van der Waals surface area contributed by atoms with Crippen LogP contribution in [0.3, 0.4) is 0 Å². The molecular weight excluding hydrogens is 251 g/mol. The number of rotatable bonds is 0. The fourth-order valence-electron chi connectivity index (χ4n) is 0.786. The molecule has 2 rings (SSSR count). The fourth-order valence-corrected chi connectivity index (χ4v) is 0.786. The van der Waals surface area contributed by atoms with E-state index in [0.29, 0.717) is 0 Å². The van der Waals surface area contributed by atoms with Crippen LogP contribution in [0.1, 0.15) is 0 Å². The third kappa shape index (κ3) is 1.43. The maximum atomic E-state index is 3.88. The third-order valence-corrected chi connectivity index (χ3v) is 1.22. The van der Waals surface area contributed by atoms with Crippen molar-refractivity contribution in [3.8, 4) is 0 Å². The summed E-state index contributed by atoms with van der Waals surface area (Å²) in [4.78, 5) is 0. The Morgan fingerprint density at radius 2 is 1.50 bits per heavy atom. The van der Waals surface area contributed by atoms with Gasteiger partial charge in [-0.3, -0.25) is 0 Å². The summed E-state index contributed by atoms with van der Waals surface area (Å²) in [7, 11) is 0. The Kier molecular flexibility index (Phi) is 2.94. The summed E-state index contributed by atoms with van der Waals surface area (Å²) in [5.74, 6) is 0. The first-order valence-electron chi connectivity index (χ1n) is 2.72. The predicted octanol–water partition coefficient (Wildman–Crippen LogP) is 0.577. The second-order valence-corrected chi connectivity index (χ2v) is 1.81. The van der Waals surface area contributed by atoms with E-state index in [2.05, 4.69) is 15.4 Å². The van der Waals surface area contributed by atoms with Crippen LogP contribution in [0, 0.1) is 0 Å². The van der Waals surface area contributed by atoms with Crippen molar-refractivity contribution in [1.82, 2.24) is 15.4 Å². The summed E-state index contributed by atoms with van der Waals surface area (Å²) in [5.41, 5.74) is 1.83. The zero-order valence-corrected chi connectivity index (χ0v) is 9.85. The van der Waals surface area contributed by atoms with Crippen LogP contribution < -0.4 is 0 Å². The van der Waals surface area contributed by atoms with E-state index in [9.17, 15) is 0 Å². The fraction of sp³-hybridized carbons (Fsp3) is 0. The topological polar surface area (TPSA) is 41.6 Å². The second kappa shape index (κ2) is 3.54. The van der Waals surface area contributed by atoms with Crippen molar-refractivity contribution in [1.29, 1.82) is 0 Å². The molecule has 4 heteroatoms. The Morgan fingerprint density at radius 3 is 2.00 bits per heavy atom. The molecule has 46 valence electrons. The van der Waals surface area contributed by atoms with Crippen molar-refractivity contribution in [3.63, 3.8) is 0 Å². The minimum Gasteiger partial charge on any atom is -0.197 e. The van der Waals surface area contributed by atoms with Crippen molar-refractivity contribution < 1.29 is 0 Å². The summed E-state index contributed by atoms with van der Waals surface area (Å²) in [5, 5.41) is 10.3.